The fraction of sp³-hybridized carbons (Fsp3) is 0.743. The van der Waals surface area contributed by atoms with E-state index in [4.69, 9.17) is 11.6 Å². The van der Waals surface area contributed by atoms with Crippen molar-refractivity contribution in [2.75, 3.05) is 95.2 Å². The quantitative estimate of drug-likeness (QED) is 0.254. The number of carbonyl (C=O) groups excluding carboxylic acids is 12. The number of fused-ring (bicyclic) bond motifs is 1. The number of hydrogen-bond acceptors (Lipinski definition) is 13. The van der Waals surface area contributed by atoms with Gasteiger partial charge in [-0.2, -0.15) is 13.2 Å². The Bertz CT molecular complexity index is 3080. The Labute approximate surface area is 585 Å². The van der Waals surface area contributed by atoms with E-state index in [-0.39, 0.29) is 51.0 Å². The van der Waals surface area contributed by atoms with Gasteiger partial charge in [0, 0.05) is 69.0 Å². The minimum Gasteiger partial charge on any atom is -0.394 e. The summed E-state index contributed by atoms with van der Waals surface area (Å²) in [5, 5.41) is 18.8. The number of hydrogen-bond donors (Lipinski definition) is 4. The number of alkyl halides is 3. The van der Waals surface area contributed by atoms with Crippen LogP contribution in [0.5, 0.6) is 0 Å². The van der Waals surface area contributed by atoms with Crippen molar-refractivity contribution in [1.82, 2.24) is 60.0 Å². The first kappa shape index (κ1) is 79.2. The molecule has 3 heterocycles. The van der Waals surface area contributed by atoms with Crippen molar-refractivity contribution in [2.45, 2.75) is 222 Å². The van der Waals surface area contributed by atoms with E-state index in [1.165, 1.54) is 75.0 Å². The molecular weight excluding hydrogens is 1310 g/mol. The van der Waals surface area contributed by atoms with Crippen LogP contribution in [0.2, 0.25) is 5.02 Å². The summed E-state index contributed by atoms with van der Waals surface area (Å²) in [5.74, 6) is -9.40. The van der Waals surface area contributed by atoms with Crippen molar-refractivity contribution in [2.24, 2.45) is 17.8 Å². The molecule has 3 aliphatic heterocycles. The van der Waals surface area contributed by atoms with Gasteiger partial charge in [0.15, 0.2) is 0 Å². The van der Waals surface area contributed by atoms with E-state index in [0.717, 1.165) is 89.5 Å². The number of carbonyl (C=O) groups is 12. The highest BCUT2D eigenvalue weighted by molar-refractivity contribution is 6.31. The van der Waals surface area contributed by atoms with Crippen molar-refractivity contribution in [1.29, 1.82) is 0 Å². The lowest BCUT2D eigenvalue weighted by molar-refractivity contribution is -0.157. The molecule has 1 aromatic carbocycles. The summed E-state index contributed by atoms with van der Waals surface area (Å²) < 4.78 is 41.6. The number of benzene rings is 1. The van der Waals surface area contributed by atoms with Crippen LogP contribution in [0.1, 0.15) is 173 Å². The molecule has 6 aliphatic rings. The Hall–Kier alpha value is -7.10. The maximum atomic E-state index is 15.7. The Balaban J connectivity index is 1.28. The largest absolute Gasteiger partial charge is 0.417 e. The Kier molecular flexibility index (Phi) is 28.4. The van der Waals surface area contributed by atoms with Gasteiger partial charge in [0.25, 0.3) is 0 Å². The molecule has 3 saturated heterocycles. The molecule has 0 aromatic heterocycles. The van der Waals surface area contributed by atoms with Gasteiger partial charge >= 0.3 is 6.18 Å². The summed E-state index contributed by atoms with van der Waals surface area (Å²) in [5.41, 5.74) is -2.37. The third kappa shape index (κ3) is 19.7. The standard InChI is InChI=1S/C70H106ClF3N12O13/c1-10-44(2)59-66(97)80(5)41-57(90)78(3)42-58(91)81(6)52(38-45-23-14-11-15-24-45)64(95)79(4)40-55(88)75-50(31-29-46-28-30-48(49(71)37-46)70(72,73)74)63(94)86-36-22-27-51(86)62(93)77-69(32-18-19-33-69)68(99)84(9)60(47-25-16-12-17-26-47)67(98)83(8)53(65(96)85-34-20-13-21-35-85)39-56(89)82(7)54(43-87)61(92)76-59/h28,30,37,44-45,47,50-54,59-60,87H,10-27,29,31-36,38-43H2,1-9H3,(H,75,88)(H,76,92)(H,77,93)/t44-,50-,51?,52-,53-,54-,59-,60-/m0/s1. The fourth-order valence-corrected chi connectivity index (χ4v) is 15.7. The Morgan fingerprint density at radius 3 is 1.84 bits per heavy atom. The van der Waals surface area contributed by atoms with Crippen LogP contribution in [0.25, 0.3) is 0 Å². The Morgan fingerprint density at radius 1 is 0.636 bits per heavy atom. The maximum Gasteiger partial charge on any atom is 0.417 e. The van der Waals surface area contributed by atoms with Gasteiger partial charge in [-0.25, -0.2) is 0 Å². The number of likely N-dealkylation sites (N-methyl/N-ethyl adjacent to an activating group) is 7. The minimum absolute atomic E-state index is 0.00783. The molecule has 8 atom stereocenters. The molecule has 7 rings (SSSR count). The van der Waals surface area contributed by atoms with Crippen molar-refractivity contribution in [3.8, 4) is 0 Å². The third-order valence-corrected chi connectivity index (χ3v) is 22.1. The van der Waals surface area contributed by atoms with E-state index in [2.05, 4.69) is 16.0 Å². The average molecular weight is 1420 g/mol. The molecule has 0 radical (unpaired) electrons. The molecular formula is C70H106ClF3N12O13. The first-order chi connectivity index (χ1) is 46.8. The molecule has 1 spiro atoms. The number of nitrogens with one attached hydrogen (secondary N) is 3. The molecule has 6 fully saturated rings. The molecule has 99 heavy (non-hydrogen) atoms. The predicted molar refractivity (Wildman–Crippen MR) is 361 cm³/mol. The van der Waals surface area contributed by atoms with Crippen molar-refractivity contribution in [3.63, 3.8) is 0 Å². The van der Waals surface area contributed by atoms with Crippen LogP contribution in [0.4, 0.5) is 13.2 Å². The molecule has 29 heteroatoms. The van der Waals surface area contributed by atoms with E-state index in [9.17, 15) is 56.6 Å². The zero-order valence-corrected chi connectivity index (χ0v) is 60.1. The molecule has 12 amide bonds. The van der Waals surface area contributed by atoms with Crippen LogP contribution in [-0.4, -0.2) is 263 Å². The lowest BCUT2D eigenvalue weighted by atomic mass is 9.81. The van der Waals surface area contributed by atoms with Crippen LogP contribution < -0.4 is 16.0 Å². The smallest absolute Gasteiger partial charge is 0.394 e. The van der Waals surface area contributed by atoms with E-state index in [1.54, 1.807) is 18.7 Å². The second-order valence-corrected chi connectivity index (χ2v) is 29.1. The molecule has 0 bridgehead atoms. The zero-order valence-electron chi connectivity index (χ0n) is 59.3. The van der Waals surface area contributed by atoms with E-state index in [1.807, 2.05) is 0 Å². The van der Waals surface area contributed by atoms with E-state index in [0.29, 0.717) is 70.0 Å². The normalized spacial score (nSPS) is 27.0. The van der Waals surface area contributed by atoms with Crippen molar-refractivity contribution < 1.29 is 75.8 Å². The predicted octanol–water partition coefficient (Wildman–Crippen LogP) is 4.37. The topological polar surface area (TPSA) is 290 Å². The summed E-state index contributed by atoms with van der Waals surface area (Å²) in [6.45, 7) is 1.49. The summed E-state index contributed by atoms with van der Waals surface area (Å²) in [6.07, 6.45) is 6.43. The van der Waals surface area contributed by atoms with Crippen molar-refractivity contribution >= 4 is 82.5 Å². The summed E-state index contributed by atoms with van der Waals surface area (Å²) in [7, 11) is 9.63. The van der Waals surface area contributed by atoms with Gasteiger partial charge in [-0.3, -0.25) is 57.5 Å². The van der Waals surface area contributed by atoms with Gasteiger partial charge in [0.1, 0.15) is 47.8 Å². The first-order valence-corrected chi connectivity index (χ1v) is 36.0. The number of piperidine rings is 1. The molecule has 4 N–H and O–H groups in total. The summed E-state index contributed by atoms with van der Waals surface area (Å²) in [4.78, 5) is 189. The van der Waals surface area contributed by atoms with Gasteiger partial charge in [-0.15, -0.1) is 0 Å². The minimum atomic E-state index is -4.76. The number of nitrogens with zero attached hydrogens (tertiary/aromatic N) is 9. The van der Waals surface area contributed by atoms with Crippen LogP contribution in [0, 0.1) is 17.8 Å². The Morgan fingerprint density at radius 2 is 1.23 bits per heavy atom. The number of aliphatic hydroxyl groups is 1. The van der Waals surface area contributed by atoms with Gasteiger partial charge in [0.05, 0.1) is 43.2 Å². The highest BCUT2D eigenvalue weighted by Crippen LogP contribution is 2.38. The molecule has 3 aliphatic carbocycles. The third-order valence-electron chi connectivity index (χ3n) is 21.8. The second-order valence-electron chi connectivity index (χ2n) is 28.7. The first-order valence-electron chi connectivity index (χ1n) is 35.6. The van der Waals surface area contributed by atoms with Crippen LogP contribution >= 0.6 is 11.6 Å². The number of likely N-dealkylation sites (tertiary alicyclic amines) is 1. The van der Waals surface area contributed by atoms with E-state index >= 15 is 19.2 Å². The molecule has 25 nitrogen and oxygen atoms in total. The fourth-order valence-electron chi connectivity index (χ4n) is 15.3. The number of aliphatic hydroxyl groups excluding tert-OH is 1. The van der Waals surface area contributed by atoms with Gasteiger partial charge in [0.2, 0.25) is 70.9 Å². The van der Waals surface area contributed by atoms with Crippen LogP contribution in [0.3, 0.4) is 0 Å². The van der Waals surface area contributed by atoms with Gasteiger partial charge < -0.3 is 65.2 Å². The average Bonchev–Trinajstić information content (AvgIpc) is 1.50. The lowest BCUT2D eigenvalue weighted by Gasteiger charge is -2.43. The number of rotatable bonds is 10. The van der Waals surface area contributed by atoms with Crippen LogP contribution in [0.15, 0.2) is 18.2 Å². The lowest BCUT2D eigenvalue weighted by Crippen LogP contribution is -2.65. The number of amides is 12. The SMILES string of the molecule is CC[C@H](C)[C@@H]1NC(=O)[C@H](CO)N(C)C(=O)C[C@@H](C(=O)N2CCCCC2)N(C)C(=O)[C@H](C2CCCCC2)N(C)C(=O)C2(CCCC2)NC(=O)C2CCCN2C(=O)[C@H](CCc2ccc(C(F)(F)F)c(Cl)c2)NC(=O)CN(C)C(=O)[C@H](CC2CCCCC2)N(C)C(=O)CN(C)C(=O)CN(C)C1=O. The van der Waals surface area contributed by atoms with E-state index < -0.39 is 180 Å². The second kappa shape index (κ2) is 35.5. The van der Waals surface area contributed by atoms with Gasteiger partial charge in [-0.1, -0.05) is 102 Å². The highest BCUT2D eigenvalue weighted by atomic mass is 35.5. The maximum absolute atomic E-state index is 15.7. The molecule has 3 saturated carbocycles. The molecule has 552 valence electrons. The molecule has 1 unspecified atom stereocenters. The van der Waals surface area contributed by atoms with Crippen molar-refractivity contribution in [3.05, 3.63) is 34.3 Å². The monoisotopic (exact) mass is 1410 g/mol. The summed E-state index contributed by atoms with van der Waals surface area (Å²) >= 11 is 6.15. The number of aryl methyl sites for hydroxylation is 1. The summed E-state index contributed by atoms with van der Waals surface area (Å²) in [6, 6.07) is -6.22. The van der Waals surface area contributed by atoms with Crippen LogP contribution in [-0.2, 0) is 70.1 Å². The highest BCUT2D eigenvalue weighted by Gasteiger charge is 2.51. The molecule has 1 aromatic rings. The zero-order chi connectivity index (χ0) is 72.8. The number of halogens is 4. The van der Waals surface area contributed by atoms with Gasteiger partial charge in [-0.05, 0) is 112 Å².